The molecule has 11 N–H and O–H groups in total. The van der Waals surface area contributed by atoms with Gasteiger partial charge in [-0.15, -0.1) is 0 Å². The first-order valence-corrected chi connectivity index (χ1v) is 17.5. The number of ether oxygens (including phenoxy) is 9. The summed E-state index contributed by atoms with van der Waals surface area (Å²) in [6.45, 7) is 9.08. The molecule has 0 saturated carbocycles. The van der Waals surface area contributed by atoms with Gasteiger partial charge >= 0.3 is 0 Å². The molecule has 4 fully saturated rings. The Morgan fingerprint density at radius 1 is 0.635 bits per heavy atom. The fourth-order valence-electron chi connectivity index (χ4n) is 6.68. The van der Waals surface area contributed by atoms with Gasteiger partial charge in [0.1, 0.15) is 67.1 Å². The third-order valence-electron chi connectivity index (χ3n) is 9.64. The zero-order chi connectivity index (χ0) is 38.8. The Labute approximate surface area is 301 Å². The van der Waals surface area contributed by atoms with Gasteiger partial charge in [0, 0.05) is 13.7 Å². The van der Waals surface area contributed by atoms with E-state index in [9.17, 15) is 45.6 Å². The van der Waals surface area contributed by atoms with Gasteiger partial charge in [0.15, 0.2) is 25.2 Å². The summed E-state index contributed by atoms with van der Waals surface area (Å²) in [5.74, 6) is -0.542. The number of hydrogen-bond donors (Lipinski definition) is 10. The second-order valence-corrected chi connectivity index (χ2v) is 14.5. The maximum absolute atomic E-state index is 12.5. The Kier molecular flexibility index (Phi) is 15.2. The highest BCUT2D eigenvalue weighted by Gasteiger charge is 2.54. The van der Waals surface area contributed by atoms with Gasteiger partial charge in [0.25, 0.3) is 0 Å². The molecule has 1 amide bonds. The number of nitrogens with two attached hydrogens (primary N) is 1. The summed E-state index contributed by atoms with van der Waals surface area (Å²) in [6, 6.07) is -0.969. The van der Waals surface area contributed by atoms with Crippen molar-refractivity contribution in [1.29, 1.82) is 0 Å². The topological polar surface area (TPSA) is 300 Å². The number of aliphatic hydroxyl groups excluding tert-OH is 7. The number of aliphatic hydroxyl groups is 8. The van der Waals surface area contributed by atoms with E-state index >= 15 is 0 Å². The van der Waals surface area contributed by atoms with Gasteiger partial charge < -0.3 is 94.5 Å². The van der Waals surface area contributed by atoms with Crippen molar-refractivity contribution < 1.29 is 88.3 Å². The molecule has 4 aliphatic heterocycles. The fraction of sp³-hybridized carbons (Fsp3) is 0.969. The zero-order valence-electron chi connectivity index (χ0n) is 30.4. The van der Waals surface area contributed by atoms with Crippen LogP contribution in [0.1, 0.15) is 48.0 Å². The molecule has 20 heteroatoms. The van der Waals surface area contributed by atoms with E-state index in [1.165, 1.54) is 41.7 Å². The number of rotatable bonds is 13. The number of methoxy groups -OCH3 is 1. The molecule has 4 saturated heterocycles. The highest BCUT2D eigenvalue weighted by molar-refractivity contribution is 5.77. The predicted octanol–water partition coefficient (Wildman–Crippen LogP) is -4.72. The third-order valence-corrected chi connectivity index (χ3v) is 9.64. The maximum Gasteiger partial charge on any atom is 0.223 e. The zero-order valence-corrected chi connectivity index (χ0v) is 30.4. The first-order chi connectivity index (χ1) is 24.3. The van der Waals surface area contributed by atoms with Gasteiger partial charge in [-0.1, -0.05) is 0 Å². The lowest BCUT2D eigenvalue weighted by Crippen LogP contribution is -2.67. The monoisotopic (exact) mass is 758 g/mol. The molecule has 4 rings (SSSR count). The largest absolute Gasteiger partial charge is 0.390 e. The minimum absolute atomic E-state index is 0.0222. The molecule has 4 heterocycles. The third kappa shape index (κ3) is 9.94. The van der Waals surface area contributed by atoms with Gasteiger partial charge in [0.2, 0.25) is 5.91 Å². The fourth-order valence-corrected chi connectivity index (χ4v) is 6.68. The van der Waals surface area contributed by atoms with Crippen LogP contribution in [0.25, 0.3) is 0 Å². The second-order valence-electron chi connectivity index (χ2n) is 14.5. The second kappa shape index (κ2) is 18.1. The quantitative estimate of drug-likeness (QED) is 0.0844. The lowest BCUT2D eigenvalue weighted by molar-refractivity contribution is -0.387. The predicted molar refractivity (Wildman–Crippen MR) is 173 cm³/mol. The van der Waals surface area contributed by atoms with Gasteiger partial charge in [-0.2, -0.15) is 0 Å². The molecule has 0 aliphatic carbocycles. The molecule has 52 heavy (non-hydrogen) atoms. The van der Waals surface area contributed by atoms with E-state index in [0.717, 1.165) is 0 Å². The summed E-state index contributed by atoms with van der Waals surface area (Å²) >= 11 is 0. The van der Waals surface area contributed by atoms with Crippen LogP contribution in [-0.2, 0) is 47.4 Å². The molecular weight excluding hydrogens is 700 g/mol. The molecule has 0 unspecified atom stereocenters. The van der Waals surface area contributed by atoms with Crippen molar-refractivity contribution in [2.45, 2.75) is 176 Å². The van der Waals surface area contributed by atoms with Crippen molar-refractivity contribution in [1.82, 2.24) is 5.32 Å². The molecular formula is C32H58N2O18. The van der Waals surface area contributed by atoms with Crippen LogP contribution in [-0.4, -0.2) is 195 Å². The molecule has 0 spiro atoms. The Bertz CT molecular complexity index is 1140. The molecule has 20 atom stereocenters. The first-order valence-electron chi connectivity index (χ1n) is 17.5. The van der Waals surface area contributed by atoms with E-state index in [-0.39, 0.29) is 19.6 Å². The highest BCUT2D eigenvalue weighted by Crippen LogP contribution is 2.35. The van der Waals surface area contributed by atoms with Crippen molar-refractivity contribution in [2.24, 2.45) is 5.73 Å². The standard InChI is InChI=1S/C32H58N2O18/c1-11-16(34-15(35)10-32(5,6)43)20(39)26(44-7)31(46-11)51-25-19(38)14(4)47-28(23(25)42)50-24-18(37)13(3)48-29(22(24)41)52-27-21(40)17(36)12(2)49-30(27)45-9-8-33/h11-14,16-31,36-43H,8-10,33H2,1-7H3,(H,34,35)/t11-,12+,13+,14+,16-,17+,18+,19+,20+,21-,22-,23-,24-,25-,26-,27-,28+,29+,30-,31+/m1/s1. The minimum Gasteiger partial charge on any atom is -0.390 e. The summed E-state index contributed by atoms with van der Waals surface area (Å²) < 4.78 is 51.9. The molecule has 0 radical (unpaired) electrons. The normalized spacial score (nSPS) is 47.6. The van der Waals surface area contributed by atoms with E-state index < -0.39 is 134 Å². The van der Waals surface area contributed by atoms with Gasteiger partial charge in [0.05, 0.1) is 49.1 Å². The summed E-state index contributed by atoms with van der Waals surface area (Å²) in [6.07, 6.45) is -26.3. The average molecular weight is 759 g/mol. The van der Waals surface area contributed by atoms with Crippen LogP contribution in [0.5, 0.6) is 0 Å². The van der Waals surface area contributed by atoms with Crippen molar-refractivity contribution in [3.8, 4) is 0 Å². The van der Waals surface area contributed by atoms with Crippen LogP contribution in [0.3, 0.4) is 0 Å². The van der Waals surface area contributed by atoms with Gasteiger partial charge in [-0.3, -0.25) is 4.79 Å². The van der Waals surface area contributed by atoms with Crippen molar-refractivity contribution in [2.75, 3.05) is 20.3 Å². The van der Waals surface area contributed by atoms with Crippen LogP contribution in [0.2, 0.25) is 0 Å². The highest BCUT2D eigenvalue weighted by atomic mass is 16.8. The van der Waals surface area contributed by atoms with Crippen LogP contribution in [0.15, 0.2) is 0 Å². The molecule has 20 nitrogen and oxygen atoms in total. The lowest BCUT2D eigenvalue weighted by atomic mass is 9.94. The van der Waals surface area contributed by atoms with Crippen LogP contribution in [0, 0.1) is 0 Å². The van der Waals surface area contributed by atoms with E-state index in [2.05, 4.69) is 5.32 Å². The van der Waals surface area contributed by atoms with Crippen molar-refractivity contribution in [3.05, 3.63) is 0 Å². The summed E-state index contributed by atoms with van der Waals surface area (Å²) in [4.78, 5) is 12.5. The molecule has 0 bridgehead atoms. The summed E-state index contributed by atoms with van der Waals surface area (Å²) in [7, 11) is 1.27. The number of carbonyl (C=O) groups is 1. The molecule has 0 aromatic carbocycles. The smallest absolute Gasteiger partial charge is 0.223 e. The van der Waals surface area contributed by atoms with E-state index in [4.69, 9.17) is 48.4 Å². The van der Waals surface area contributed by atoms with E-state index in [0.29, 0.717) is 0 Å². The molecule has 0 aromatic rings. The van der Waals surface area contributed by atoms with E-state index in [1.807, 2.05) is 0 Å². The van der Waals surface area contributed by atoms with Crippen molar-refractivity contribution >= 4 is 5.91 Å². The van der Waals surface area contributed by atoms with Gasteiger partial charge in [-0.05, 0) is 41.5 Å². The Morgan fingerprint density at radius 3 is 1.60 bits per heavy atom. The van der Waals surface area contributed by atoms with Crippen LogP contribution in [0.4, 0.5) is 0 Å². The number of carbonyl (C=O) groups excluding carboxylic acids is 1. The Hall–Kier alpha value is -1.25. The van der Waals surface area contributed by atoms with E-state index in [1.54, 1.807) is 6.92 Å². The first kappa shape index (κ1) is 43.5. The Balaban J connectivity index is 1.47. The summed E-state index contributed by atoms with van der Waals surface area (Å²) in [5, 5.41) is 89.9. The molecule has 0 aromatic heterocycles. The minimum atomic E-state index is -1.78. The number of amides is 1. The average Bonchev–Trinajstić information content (AvgIpc) is 3.06. The van der Waals surface area contributed by atoms with Crippen LogP contribution < -0.4 is 11.1 Å². The molecule has 4 aliphatic rings. The SMILES string of the molecule is CO[C@H]1[C@H](O[C@@H]2[C@@H](O)[C@H](C)O[C@@H](O[C@@H]3[C@@H](O)[C@H](C)O[C@@H](O[C@H]4[C@H](OCCN)O[C@@H](C)[C@H](O)[C@H]4O)[C@@H]3O)[C@@H]2O)O[C@H](C)[C@@H](NC(=O)CC(C)(C)O)[C@@H]1O. The van der Waals surface area contributed by atoms with Crippen LogP contribution >= 0.6 is 0 Å². The maximum atomic E-state index is 12.5. The summed E-state index contributed by atoms with van der Waals surface area (Å²) in [5.41, 5.74) is 4.25. The number of hydrogen-bond acceptors (Lipinski definition) is 19. The molecule has 304 valence electrons. The van der Waals surface area contributed by atoms with Crippen molar-refractivity contribution in [3.63, 3.8) is 0 Å². The number of nitrogens with one attached hydrogen (secondary N) is 1. The lowest BCUT2D eigenvalue weighted by Gasteiger charge is -2.49. The van der Waals surface area contributed by atoms with Gasteiger partial charge in [-0.25, -0.2) is 0 Å². The Morgan fingerprint density at radius 2 is 1.10 bits per heavy atom.